The molecule has 16 heavy (non-hydrogen) atoms. The van der Waals surface area contributed by atoms with Crippen molar-refractivity contribution in [2.75, 3.05) is 19.5 Å². The van der Waals surface area contributed by atoms with Crippen molar-refractivity contribution in [1.29, 1.82) is 0 Å². The summed E-state index contributed by atoms with van der Waals surface area (Å²) in [6.07, 6.45) is 0. The molecule has 84 valence electrons. The molecular formula is C12H13ClN2O. The Bertz CT molecular complexity index is 540. The number of anilines is 1. The molecule has 1 N–H and O–H groups in total. The first-order chi connectivity index (χ1) is 7.65. The van der Waals surface area contributed by atoms with Crippen molar-refractivity contribution >= 4 is 28.3 Å². The fraction of sp³-hybridized carbons (Fsp3) is 0.250. The third-order valence-electron chi connectivity index (χ3n) is 2.55. The van der Waals surface area contributed by atoms with Crippen LogP contribution in [0.25, 0.3) is 10.9 Å². The third kappa shape index (κ3) is 1.78. The number of fused-ring (bicyclic) bond motifs is 1. The lowest BCUT2D eigenvalue weighted by Crippen LogP contribution is -1.95. The van der Waals surface area contributed by atoms with E-state index in [-0.39, 0.29) is 0 Å². The standard InChI is InChI=1S/C12H13ClN2O/c1-7-4-12(14-2)15-10-6-9(13)11(16-3)5-8(7)10/h4-6H,1-3H3,(H,14,15). The Morgan fingerprint density at radius 1 is 1.31 bits per heavy atom. The molecule has 0 aliphatic rings. The second-order valence-corrected chi connectivity index (χ2v) is 3.99. The Morgan fingerprint density at radius 3 is 2.69 bits per heavy atom. The Balaban J connectivity index is 2.75. The molecule has 0 saturated heterocycles. The molecule has 0 aliphatic heterocycles. The van der Waals surface area contributed by atoms with Gasteiger partial charge in [0.1, 0.15) is 11.6 Å². The number of hydrogen-bond acceptors (Lipinski definition) is 3. The van der Waals surface area contributed by atoms with Crippen molar-refractivity contribution in [2.45, 2.75) is 6.92 Å². The summed E-state index contributed by atoms with van der Waals surface area (Å²) in [5.74, 6) is 1.52. The average molecular weight is 237 g/mol. The molecule has 2 aromatic rings. The molecule has 0 saturated carbocycles. The maximum Gasteiger partial charge on any atom is 0.138 e. The highest BCUT2D eigenvalue weighted by atomic mass is 35.5. The molecule has 0 amide bonds. The van der Waals surface area contributed by atoms with E-state index in [1.807, 2.05) is 32.2 Å². The van der Waals surface area contributed by atoms with Gasteiger partial charge in [-0.15, -0.1) is 0 Å². The monoisotopic (exact) mass is 236 g/mol. The number of nitrogens with zero attached hydrogens (tertiary/aromatic N) is 1. The van der Waals surface area contributed by atoms with E-state index in [0.29, 0.717) is 10.8 Å². The number of hydrogen-bond donors (Lipinski definition) is 1. The predicted molar refractivity (Wildman–Crippen MR) is 67.6 cm³/mol. The first kappa shape index (κ1) is 11.0. The van der Waals surface area contributed by atoms with E-state index < -0.39 is 0 Å². The number of nitrogens with one attached hydrogen (secondary N) is 1. The highest BCUT2D eigenvalue weighted by Gasteiger charge is 2.07. The van der Waals surface area contributed by atoms with Gasteiger partial charge in [-0.2, -0.15) is 0 Å². The third-order valence-corrected chi connectivity index (χ3v) is 2.84. The van der Waals surface area contributed by atoms with Crippen LogP contribution in [0, 0.1) is 6.92 Å². The Hall–Kier alpha value is -1.48. The topological polar surface area (TPSA) is 34.1 Å². The van der Waals surface area contributed by atoms with Gasteiger partial charge in [-0.05, 0) is 30.7 Å². The summed E-state index contributed by atoms with van der Waals surface area (Å²) < 4.78 is 5.19. The number of methoxy groups -OCH3 is 1. The van der Waals surface area contributed by atoms with E-state index in [0.717, 1.165) is 22.3 Å². The van der Waals surface area contributed by atoms with Gasteiger partial charge < -0.3 is 10.1 Å². The van der Waals surface area contributed by atoms with Crippen molar-refractivity contribution in [2.24, 2.45) is 0 Å². The van der Waals surface area contributed by atoms with Crippen molar-refractivity contribution in [3.8, 4) is 5.75 Å². The molecular weight excluding hydrogens is 224 g/mol. The largest absolute Gasteiger partial charge is 0.495 e. The molecule has 4 heteroatoms. The number of rotatable bonds is 2. The van der Waals surface area contributed by atoms with E-state index in [2.05, 4.69) is 10.3 Å². The Kier molecular flexibility index (Phi) is 2.88. The molecule has 0 bridgehead atoms. The first-order valence-corrected chi connectivity index (χ1v) is 5.36. The minimum Gasteiger partial charge on any atom is -0.495 e. The number of pyridine rings is 1. The quantitative estimate of drug-likeness (QED) is 0.869. The lowest BCUT2D eigenvalue weighted by molar-refractivity contribution is 0.415. The molecule has 0 atom stereocenters. The number of aryl methyl sites for hydroxylation is 1. The summed E-state index contributed by atoms with van der Waals surface area (Å²) in [5.41, 5.74) is 2.01. The molecule has 0 fully saturated rings. The minimum atomic E-state index is 0.579. The molecule has 0 aliphatic carbocycles. The zero-order chi connectivity index (χ0) is 11.7. The number of aromatic nitrogens is 1. The van der Waals surface area contributed by atoms with Gasteiger partial charge in [-0.3, -0.25) is 0 Å². The van der Waals surface area contributed by atoms with E-state index in [9.17, 15) is 0 Å². The summed E-state index contributed by atoms with van der Waals surface area (Å²) in [6.45, 7) is 2.04. The van der Waals surface area contributed by atoms with Crippen LogP contribution in [0.1, 0.15) is 5.56 Å². The van der Waals surface area contributed by atoms with Gasteiger partial charge in [-0.1, -0.05) is 11.6 Å². The summed E-state index contributed by atoms with van der Waals surface area (Å²) >= 11 is 6.07. The molecule has 3 nitrogen and oxygen atoms in total. The summed E-state index contributed by atoms with van der Waals surface area (Å²) in [5, 5.41) is 4.66. The fourth-order valence-electron chi connectivity index (χ4n) is 1.68. The van der Waals surface area contributed by atoms with Crippen LogP contribution < -0.4 is 10.1 Å². The summed E-state index contributed by atoms with van der Waals surface area (Å²) in [4.78, 5) is 4.44. The van der Waals surface area contributed by atoms with Gasteiger partial charge in [0.2, 0.25) is 0 Å². The highest BCUT2D eigenvalue weighted by Crippen LogP contribution is 2.31. The minimum absolute atomic E-state index is 0.579. The number of halogens is 1. The second-order valence-electron chi connectivity index (χ2n) is 3.58. The van der Waals surface area contributed by atoms with Crippen LogP contribution in [-0.4, -0.2) is 19.1 Å². The maximum absolute atomic E-state index is 6.07. The summed E-state index contributed by atoms with van der Waals surface area (Å²) in [6, 6.07) is 5.73. The van der Waals surface area contributed by atoms with Gasteiger partial charge >= 0.3 is 0 Å². The van der Waals surface area contributed by atoms with Crippen molar-refractivity contribution in [3.05, 3.63) is 28.8 Å². The van der Waals surface area contributed by atoms with Crippen LogP contribution in [-0.2, 0) is 0 Å². The molecule has 2 rings (SSSR count). The van der Waals surface area contributed by atoms with Crippen LogP contribution in [0.5, 0.6) is 5.75 Å². The van der Waals surface area contributed by atoms with Crippen LogP contribution >= 0.6 is 11.6 Å². The molecule has 1 aromatic carbocycles. The first-order valence-electron chi connectivity index (χ1n) is 4.98. The highest BCUT2D eigenvalue weighted by molar-refractivity contribution is 6.32. The van der Waals surface area contributed by atoms with Gasteiger partial charge in [0, 0.05) is 12.4 Å². The van der Waals surface area contributed by atoms with Crippen molar-refractivity contribution in [1.82, 2.24) is 4.98 Å². The van der Waals surface area contributed by atoms with E-state index in [4.69, 9.17) is 16.3 Å². The van der Waals surface area contributed by atoms with Crippen LogP contribution in [0.15, 0.2) is 18.2 Å². The summed E-state index contributed by atoms with van der Waals surface area (Å²) in [7, 11) is 3.45. The van der Waals surface area contributed by atoms with Gasteiger partial charge in [0.05, 0.1) is 17.6 Å². The molecule has 1 heterocycles. The predicted octanol–water partition coefficient (Wildman–Crippen LogP) is 3.25. The van der Waals surface area contributed by atoms with Crippen LogP contribution in [0.3, 0.4) is 0 Å². The number of benzene rings is 1. The molecule has 0 spiro atoms. The molecule has 0 radical (unpaired) electrons. The average Bonchev–Trinajstić information content (AvgIpc) is 2.28. The zero-order valence-electron chi connectivity index (χ0n) is 9.47. The molecule has 1 aromatic heterocycles. The van der Waals surface area contributed by atoms with E-state index >= 15 is 0 Å². The van der Waals surface area contributed by atoms with Gasteiger partial charge in [-0.25, -0.2) is 4.98 Å². The fourth-order valence-corrected chi connectivity index (χ4v) is 1.92. The Morgan fingerprint density at radius 2 is 2.06 bits per heavy atom. The van der Waals surface area contributed by atoms with Crippen molar-refractivity contribution in [3.63, 3.8) is 0 Å². The number of ether oxygens (including phenoxy) is 1. The lowest BCUT2D eigenvalue weighted by Gasteiger charge is -2.09. The van der Waals surface area contributed by atoms with E-state index in [1.165, 1.54) is 0 Å². The maximum atomic E-state index is 6.07. The lowest BCUT2D eigenvalue weighted by atomic mass is 10.1. The van der Waals surface area contributed by atoms with Crippen molar-refractivity contribution < 1.29 is 4.74 Å². The van der Waals surface area contributed by atoms with Gasteiger partial charge in [0.25, 0.3) is 0 Å². The SMILES string of the molecule is CNc1cc(C)c2cc(OC)c(Cl)cc2n1. The normalized spacial score (nSPS) is 10.5. The Labute approximate surface area is 99.4 Å². The van der Waals surface area contributed by atoms with Crippen LogP contribution in [0.2, 0.25) is 5.02 Å². The van der Waals surface area contributed by atoms with E-state index in [1.54, 1.807) is 7.11 Å². The second kappa shape index (κ2) is 4.18. The zero-order valence-corrected chi connectivity index (χ0v) is 10.2. The van der Waals surface area contributed by atoms with Gasteiger partial charge in [0.15, 0.2) is 0 Å². The van der Waals surface area contributed by atoms with Crippen LogP contribution in [0.4, 0.5) is 5.82 Å². The smallest absolute Gasteiger partial charge is 0.138 e. The molecule has 0 unspecified atom stereocenters.